The zero-order valence-corrected chi connectivity index (χ0v) is 54.6. The summed E-state index contributed by atoms with van der Waals surface area (Å²) in [5, 5.41) is 29.6. The molecular weight excluding hydrogens is 1090 g/mol. The summed E-state index contributed by atoms with van der Waals surface area (Å²) in [4.78, 5) is 0.747. The van der Waals surface area contributed by atoms with Crippen LogP contribution in [0.1, 0.15) is 64.5 Å². The fourth-order valence-corrected chi connectivity index (χ4v) is 12.2. The van der Waals surface area contributed by atoms with E-state index in [1.807, 2.05) is 23.3 Å². The van der Waals surface area contributed by atoms with E-state index in [4.69, 9.17) is 0 Å². The average molecular weight is 1130 g/mol. The Morgan fingerprint density at radius 1 is 0.657 bits per heavy atom. The second-order valence-electron chi connectivity index (χ2n) is 16.1. The maximum Gasteiger partial charge on any atom is 1.00 e. The van der Waals surface area contributed by atoms with Crippen LogP contribution in [0.2, 0.25) is 0 Å². The SMILES string of the molecule is CC1(C)C(C=C/C=C2/N(CCCCS(=O)(=O)[O-])c3ccc4cc(SOO[O-])cc(S(=O)(=O)[O-])c4c3C2(C)C)=[N+](CCCCS(=O)(=O)[O-])c2ccc3cc(S(=O)(=O)[O-])cc(SOO[O-])c3c21.[Na+].[Na+].[Na+].[Na+].[Na+]. The Bertz CT molecular complexity index is 3120. The molecule has 0 spiro atoms. The van der Waals surface area contributed by atoms with Crippen molar-refractivity contribution in [2.75, 3.05) is 29.5 Å². The molecule has 31 heteroatoms. The number of allylic oxidation sites excluding steroid dienone is 4. The van der Waals surface area contributed by atoms with Crippen molar-refractivity contribution in [1.29, 1.82) is 0 Å². The standard InChI is InChI=1S/C39H44N2O18S6.5Na/c1-38(2)32(40(16-5-7-18-62(44,45)46)28-15-13-25-21-27(64(50,51)52)23-30(61-59-57-43)34(25)36(28)38)10-9-11-33-39(3,4)37-29(41(33)17-6-8-19-63(47,48)49)14-12-24-20-26(60-58-56-42)22-31(35(24)37)65(53,54)55;;;;;/h9-15,20-23H,5-8,16-19H2,1-4H3,(H5-,42,43,44,45,46,47,48,49,50,51,52,53,54,55);;;;;/q;5*+1/p-5. The van der Waals surface area contributed by atoms with Crippen LogP contribution < -0.4 is 163 Å². The molecule has 2 aliphatic rings. The van der Waals surface area contributed by atoms with Gasteiger partial charge in [0.15, 0.2) is 5.71 Å². The van der Waals surface area contributed by atoms with E-state index < -0.39 is 72.6 Å². The summed E-state index contributed by atoms with van der Waals surface area (Å²) in [5.74, 6) is -1.25. The first-order chi connectivity index (χ1) is 30.2. The van der Waals surface area contributed by atoms with Crippen molar-refractivity contribution >= 4 is 103 Å². The van der Waals surface area contributed by atoms with Crippen molar-refractivity contribution in [1.82, 2.24) is 0 Å². The fourth-order valence-electron chi connectivity index (χ4n) is 8.65. The maximum atomic E-state index is 12.9. The van der Waals surface area contributed by atoms with Gasteiger partial charge < -0.3 is 33.6 Å². The van der Waals surface area contributed by atoms with Crippen LogP contribution in [0, 0.1) is 0 Å². The normalized spacial score (nSPS) is 15.8. The Labute approximate surface area is 525 Å². The Hall–Kier alpha value is 1.45. The molecule has 0 radical (unpaired) electrons. The summed E-state index contributed by atoms with van der Waals surface area (Å²) in [6.07, 6.45) is 5.62. The summed E-state index contributed by atoms with van der Waals surface area (Å²) in [6, 6.07) is 11.3. The van der Waals surface area contributed by atoms with Gasteiger partial charge in [-0.1, -0.05) is 26.0 Å². The molecule has 70 heavy (non-hydrogen) atoms. The number of rotatable bonds is 20. The number of nitrogens with zero attached hydrogens (tertiary/aromatic N) is 2. The molecule has 20 nitrogen and oxygen atoms in total. The minimum absolute atomic E-state index is 0. The van der Waals surface area contributed by atoms with E-state index in [0.29, 0.717) is 74.2 Å². The predicted molar refractivity (Wildman–Crippen MR) is 228 cm³/mol. The molecule has 2 aliphatic heterocycles. The molecular formula is C39H39N2Na5O18S6. The first-order valence-electron chi connectivity index (χ1n) is 19.3. The van der Waals surface area contributed by atoms with Crippen molar-refractivity contribution < 1.29 is 234 Å². The van der Waals surface area contributed by atoms with Crippen LogP contribution in [0.3, 0.4) is 0 Å². The molecule has 0 amide bonds. The van der Waals surface area contributed by atoms with Crippen LogP contribution in [-0.4, -0.2) is 86.8 Å². The van der Waals surface area contributed by atoms with Gasteiger partial charge in [-0.2, -0.15) is 13.2 Å². The van der Waals surface area contributed by atoms with Crippen molar-refractivity contribution in [2.45, 2.75) is 83.8 Å². The molecule has 0 unspecified atom stereocenters. The molecule has 4 aromatic carbocycles. The van der Waals surface area contributed by atoms with Crippen LogP contribution in [0.25, 0.3) is 21.5 Å². The molecule has 0 bridgehead atoms. The molecule has 0 saturated heterocycles. The van der Waals surface area contributed by atoms with E-state index in [1.54, 1.807) is 56.3 Å². The third-order valence-corrected chi connectivity index (χ3v) is 15.6. The van der Waals surface area contributed by atoms with Crippen molar-refractivity contribution in [3.63, 3.8) is 0 Å². The van der Waals surface area contributed by atoms with Gasteiger partial charge in [0, 0.05) is 79.5 Å². The number of hydrogen-bond donors (Lipinski definition) is 0. The van der Waals surface area contributed by atoms with Crippen LogP contribution in [-0.2, 0) is 70.0 Å². The molecule has 354 valence electrons. The predicted octanol–water partition coefficient (Wildman–Crippen LogP) is -11.5. The fraction of sp³-hybridized carbons (Fsp3) is 0.359. The van der Waals surface area contributed by atoms with Gasteiger partial charge in [0.1, 0.15) is 26.8 Å². The van der Waals surface area contributed by atoms with Gasteiger partial charge in [0.25, 0.3) is 0 Å². The molecule has 0 atom stereocenters. The molecule has 4 aromatic rings. The third kappa shape index (κ3) is 16.3. The summed E-state index contributed by atoms with van der Waals surface area (Å²) >= 11 is 0.779. The summed E-state index contributed by atoms with van der Waals surface area (Å²) in [5.41, 5.74) is 1.18. The molecule has 0 fully saturated rings. The number of unbranched alkanes of at least 4 members (excludes halogenated alkanes) is 2. The molecule has 6 rings (SSSR count). The van der Waals surface area contributed by atoms with Crippen LogP contribution in [0.5, 0.6) is 0 Å². The number of hydrogen-bond acceptors (Lipinski definition) is 21. The van der Waals surface area contributed by atoms with Gasteiger partial charge in [0.05, 0.1) is 59.5 Å². The van der Waals surface area contributed by atoms with Crippen molar-refractivity contribution in [3.05, 3.63) is 83.6 Å². The zero-order valence-electron chi connectivity index (χ0n) is 39.7. The van der Waals surface area contributed by atoms with Crippen LogP contribution in [0.4, 0.5) is 11.4 Å². The van der Waals surface area contributed by atoms with E-state index in [1.165, 1.54) is 12.1 Å². The number of fused-ring (bicyclic) bond motifs is 6. The van der Waals surface area contributed by atoms with Gasteiger partial charge in [-0.05, 0) is 91.9 Å². The third-order valence-electron chi connectivity index (χ3n) is 11.2. The smallest absolute Gasteiger partial charge is 0.748 e. The van der Waals surface area contributed by atoms with Crippen LogP contribution in [0.15, 0.2) is 92.0 Å². The minimum Gasteiger partial charge on any atom is -0.748 e. The molecule has 0 saturated carbocycles. The minimum atomic E-state index is -5.17. The van der Waals surface area contributed by atoms with E-state index in [9.17, 15) is 62.4 Å². The van der Waals surface area contributed by atoms with Crippen molar-refractivity contribution in [2.24, 2.45) is 0 Å². The number of anilines is 1. The Morgan fingerprint density at radius 3 is 1.80 bits per heavy atom. The second kappa shape index (κ2) is 27.9. The number of benzene rings is 4. The summed E-state index contributed by atoms with van der Waals surface area (Å²) in [6.45, 7) is 7.60. The average Bonchev–Trinajstić information content (AvgIpc) is 3.55. The van der Waals surface area contributed by atoms with Gasteiger partial charge >= 0.3 is 148 Å². The second-order valence-corrected chi connectivity index (χ2v) is 23.4. The quantitative estimate of drug-likeness (QED) is 0.0151. The molecule has 0 N–H and O–H groups in total. The van der Waals surface area contributed by atoms with E-state index in [2.05, 4.69) is 18.7 Å². The Kier molecular flexibility index (Phi) is 27.6. The maximum absolute atomic E-state index is 12.9. The molecule has 0 aliphatic carbocycles. The van der Waals surface area contributed by atoms with Gasteiger partial charge in [-0.25, -0.2) is 33.7 Å². The molecule has 2 heterocycles. The van der Waals surface area contributed by atoms with Gasteiger partial charge in [-0.3, -0.25) is 10.1 Å². The van der Waals surface area contributed by atoms with E-state index >= 15 is 0 Å². The summed E-state index contributed by atoms with van der Waals surface area (Å²) < 4.78 is 155. The van der Waals surface area contributed by atoms with Gasteiger partial charge in [-0.15, -0.1) is 0 Å². The van der Waals surface area contributed by atoms with Crippen LogP contribution >= 0.6 is 24.1 Å². The van der Waals surface area contributed by atoms with Gasteiger partial charge in [0.2, 0.25) is 5.69 Å². The largest absolute Gasteiger partial charge is 1.00 e. The Morgan fingerprint density at radius 2 is 1.23 bits per heavy atom. The zero-order chi connectivity index (χ0) is 47.9. The topological polar surface area (TPSA) is 318 Å². The van der Waals surface area contributed by atoms with E-state index in [0.717, 1.165) is 12.1 Å². The van der Waals surface area contributed by atoms with E-state index in [-0.39, 0.29) is 202 Å². The monoisotopic (exact) mass is 1130 g/mol. The first-order valence-corrected chi connectivity index (χ1v) is 26.7. The molecule has 0 aromatic heterocycles. The van der Waals surface area contributed by atoms with Crippen molar-refractivity contribution in [3.8, 4) is 0 Å². The first kappa shape index (κ1) is 69.5. The Balaban J connectivity index is 0.00000490. The summed E-state index contributed by atoms with van der Waals surface area (Å²) in [7, 11) is -19.2.